The molecule has 1 aromatic rings. The van der Waals surface area contributed by atoms with Crippen LogP contribution in [0.1, 0.15) is 24.8 Å². The molecule has 2 heterocycles. The maximum Gasteiger partial charge on any atom is 0.124 e. The molecular weight excluding hydrogens is 236 g/mol. The summed E-state index contributed by atoms with van der Waals surface area (Å²) in [4.78, 5) is 2.54. The van der Waals surface area contributed by atoms with Crippen molar-refractivity contribution in [1.82, 2.24) is 4.90 Å². The molecule has 0 bridgehead atoms. The molecule has 3 nitrogen and oxygen atoms in total. The highest BCUT2D eigenvalue weighted by Gasteiger charge is 2.26. The van der Waals surface area contributed by atoms with Crippen molar-refractivity contribution in [2.75, 3.05) is 18.9 Å². The van der Waals surface area contributed by atoms with Gasteiger partial charge in [0.2, 0.25) is 0 Å². The largest absolute Gasteiger partial charge is 0.492 e. The van der Waals surface area contributed by atoms with Gasteiger partial charge in [0.15, 0.2) is 0 Å². The predicted octanol–water partition coefficient (Wildman–Crippen LogP) is 2.44. The lowest BCUT2D eigenvalue weighted by Gasteiger charge is -2.33. The Bertz CT molecular complexity index is 397. The molecule has 2 aliphatic heterocycles. The summed E-state index contributed by atoms with van der Waals surface area (Å²) < 4.78 is 5.88. The number of anilines is 1. The van der Waals surface area contributed by atoms with Crippen LogP contribution in [0.3, 0.4) is 0 Å². The molecule has 0 spiro atoms. The number of benzene rings is 1. The van der Waals surface area contributed by atoms with E-state index in [0.717, 1.165) is 24.6 Å². The van der Waals surface area contributed by atoms with E-state index < -0.39 is 0 Å². The first kappa shape index (κ1) is 12.5. The highest BCUT2D eigenvalue weighted by molar-refractivity contribution is 5.85. The Kier molecular flexibility index (Phi) is 3.79. The zero-order valence-electron chi connectivity index (χ0n) is 9.89. The molecule has 0 aliphatic carbocycles. The molecule has 1 saturated heterocycles. The van der Waals surface area contributed by atoms with Crippen LogP contribution in [0.15, 0.2) is 18.2 Å². The molecule has 2 N–H and O–H groups in total. The van der Waals surface area contributed by atoms with Crippen molar-refractivity contribution in [3.63, 3.8) is 0 Å². The summed E-state index contributed by atoms with van der Waals surface area (Å²) in [6.07, 6.45) is 3.92. The van der Waals surface area contributed by atoms with E-state index in [-0.39, 0.29) is 12.4 Å². The lowest BCUT2D eigenvalue weighted by molar-refractivity contribution is 0.108. The second kappa shape index (κ2) is 5.15. The lowest BCUT2D eigenvalue weighted by Crippen LogP contribution is -2.40. The Morgan fingerprint density at radius 3 is 3.06 bits per heavy atom. The average Bonchev–Trinajstić information content (AvgIpc) is 2.47. The fraction of sp³-hybridized carbons (Fsp3) is 0.538. The van der Waals surface area contributed by atoms with Gasteiger partial charge in [0.25, 0.3) is 0 Å². The van der Waals surface area contributed by atoms with Gasteiger partial charge in [0.1, 0.15) is 12.4 Å². The van der Waals surface area contributed by atoms with Crippen LogP contribution in [0.2, 0.25) is 0 Å². The molecule has 0 amide bonds. The molecule has 1 fully saturated rings. The van der Waals surface area contributed by atoms with Gasteiger partial charge in [-0.1, -0.05) is 6.42 Å². The van der Waals surface area contributed by atoms with E-state index >= 15 is 0 Å². The zero-order valence-corrected chi connectivity index (χ0v) is 10.7. The van der Waals surface area contributed by atoms with Gasteiger partial charge in [-0.3, -0.25) is 4.90 Å². The fourth-order valence-corrected chi connectivity index (χ4v) is 2.73. The number of fused-ring (bicyclic) bond motifs is 2. The molecule has 4 heteroatoms. The Balaban J connectivity index is 0.00000108. The second-order valence-electron chi connectivity index (χ2n) is 4.80. The van der Waals surface area contributed by atoms with E-state index in [2.05, 4.69) is 4.90 Å². The van der Waals surface area contributed by atoms with Crippen molar-refractivity contribution < 1.29 is 4.74 Å². The second-order valence-corrected chi connectivity index (χ2v) is 4.80. The summed E-state index contributed by atoms with van der Waals surface area (Å²) in [7, 11) is 0. The molecular formula is C13H19ClN2O. The minimum atomic E-state index is 0. The predicted molar refractivity (Wildman–Crippen MR) is 71.6 cm³/mol. The van der Waals surface area contributed by atoms with E-state index in [1.807, 2.05) is 18.2 Å². The normalized spacial score (nSPS) is 23.6. The van der Waals surface area contributed by atoms with Crippen molar-refractivity contribution in [2.45, 2.75) is 31.8 Å². The fourth-order valence-electron chi connectivity index (χ4n) is 2.73. The average molecular weight is 255 g/mol. The van der Waals surface area contributed by atoms with Gasteiger partial charge >= 0.3 is 0 Å². The molecule has 1 aromatic carbocycles. The summed E-state index contributed by atoms with van der Waals surface area (Å²) >= 11 is 0. The number of piperidine rings is 1. The third-order valence-corrected chi connectivity index (χ3v) is 3.64. The lowest BCUT2D eigenvalue weighted by atomic mass is 10.0. The van der Waals surface area contributed by atoms with E-state index in [1.54, 1.807) is 0 Å². The highest BCUT2D eigenvalue weighted by Crippen LogP contribution is 2.30. The number of nitrogens with two attached hydrogens (primary N) is 1. The van der Waals surface area contributed by atoms with Gasteiger partial charge in [-0.2, -0.15) is 0 Å². The van der Waals surface area contributed by atoms with Crippen LogP contribution in [0, 0.1) is 0 Å². The molecule has 0 saturated carbocycles. The minimum Gasteiger partial charge on any atom is -0.492 e. The summed E-state index contributed by atoms with van der Waals surface area (Å²) in [5, 5.41) is 0. The zero-order chi connectivity index (χ0) is 11.0. The topological polar surface area (TPSA) is 38.5 Å². The van der Waals surface area contributed by atoms with Crippen molar-refractivity contribution in [3.8, 4) is 5.75 Å². The first-order valence-electron chi connectivity index (χ1n) is 6.08. The third-order valence-electron chi connectivity index (χ3n) is 3.64. The molecule has 3 rings (SSSR count). The quantitative estimate of drug-likeness (QED) is 0.723. The molecule has 0 aromatic heterocycles. The third kappa shape index (κ3) is 2.50. The van der Waals surface area contributed by atoms with Crippen LogP contribution in [0.4, 0.5) is 5.69 Å². The van der Waals surface area contributed by atoms with Crippen LogP contribution in [-0.4, -0.2) is 24.1 Å². The van der Waals surface area contributed by atoms with Crippen LogP contribution in [0.5, 0.6) is 5.75 Å². The number of ether oxygens (including phenoxy) is 1. The summed E-state index contributed by atoms with van der Waals surface area (Å²) in [6, 6.07) is 6.57. The van der Waals surface area contributed by atoms with E-state index in [4.69, 9.17) is 10.5 Å². The van der Waals surface area contributed by atoms with Gasteiger partial charge < -0.3 is 10.5 Å². The van der Waals surface area contributed by atoms with Gasteiger partial charge in [-0.05, 0) is 37.6 Å². The van der Waals surface area contributed by atoms with Crippen molar-refractivity contribution >= 4 is 18.1 Å². The minimum absolute atomic E-state index is 0. The van der Waals surface area contributed by atoms with Crippen molar-refractivity contribution in [2.24, 2.45) is 0 Å². The van der Waals surface area contributed by atoms with Crippen LogP contribution in [-0.2, 0) is 6.54 Å². The first-order valence-corrected chi connectivity index (χ1v) is 6.08. The monoisotopic (exact) mass is 254 g/mol. The van der Waals surface area contributed by atoms with E-state index in [9.17, 15) is 0 Å². The number of halogens is 1. The van der Waals surface area contributed by atoms with Crippen molar-refractivity contribution in [3.05, 3.63) is 23.8 Å². The number of hydrogen-bond acceptors (Lipinski definition) is 3. The maximum atomic E-state index is 5.88. The van der Waals surface area contributed by atoms with Gasteiger partial charge in [-0.25, -0.2) is 0 Å². The molecule has 1 atom stereocenters. The number of hydrogen-bond donors (Lipinski definition) is 1. The molecule has 17 heavy (non-hydrogen) atoms. The number of rotatable bonds is 0. The molecule has 1 unspecified atom stereocenters. The van der Waals surface area contributed by atoms with Gasteiger partial charge in [0, 0.05) is 23.8 Å². The smallest absolute Gasteiger partial charge is 0.124 e. The van der Waals surface area contributed by atoms with Crippen molar-refractivity contribution in [1.29, 1.82) is 0 Å². The Morgan fingerprint density at radius 1 is 1.29 bits per heavy atom. The molecule has 2 aliphatic rings. The standard InChI is InChI=1S/C13H18N2O.ClH/c14-11-4-5-13-10(7-11)8-15-6-2-1-3-12(15)9-16-13;/h4-5,7,12H,1-3,6,8-9,14H2;1H. The van der Waals surface area contributed by atoms with E-state index in [1.165, 1.54) is 31.4 Å². The Morgan fingerprint density at radius 2 is 2.18 bits per heavy atom. The van der Waals surface area contributed by atoms with Crippen LogP contribution in [0.25, 0.3) is 0 Å². The van der Waals surface area contributed by atoms with Gasteiger partial charge in [0.05, 0.1) is 0 Å². The molecule has 94 valence electrons. The summed E-state index contributed by atoms with van der Waals surface area (Å²) in [5.41, 5.74) is 7.90. The first-order chi connectivity index (χ1) is 7.83. The summed E-state index contributed by atoms with van der Waals surface area (Å²) in [6.45, 7) is 3.02. The van der Waals surface area contributed by atoms with Gasteiger partial charge in [-0.15, -0.1) is 12.4 Å². The Labute approximate surface area is 108 Å². The highest BCUT2D eigenvalue weighted by atomic mass is 35.5. The number of nitrogens with zero attached hydrogens (tertiary/aromatic N) is 1. The van der Waals surface area contributed by atoms with E-state index in [0.29, 0.717) is 6.04 Å². The Hall–Kier alpha value is -0.930. The van der Waals surface area contributed by atoms with Crippen LogP contribution < -0.4 is 10.5 Å². The molecule has 0 radical (unpaired) electrons. The summed E-state index contributed by atoms with van der Waals surface area (Å²) in [5.74, 6) is 1.02. The maximum absolute atomic E-state index is 5.88. The van der Waals surface area contributed by atoms with Crippen LogP contribution >= 0.6 is 12.4 Å². The SMILES string of the molecule is Cl.Nc1ccc2c(c1)CN1CCCCC1CO2. The number of nitrogen functional groups attached to an aromatic ring is 1.